The lowest BCUT2D eigenvalue weighted by Crippen LogP contribution is -2.25. The molecule has 1 aliphatic carbocycles. The average molecular weight is 287 g/mol. The molecule has 1 aliphatic rings. The Balaban J connectivity index is 1.86. The highest BCUT2D eigenvalue weighted by Crippen LogP contribution is 2.26. The molecule has 2 rings (SSSR count). The lowest BCUT2D eigenvalue weighted by Gasteiger charge is -2.10. The molecule has 0 spiro atoms. The van der Waals surface area contributed by atoms with Gasteiger partial charge in [-0.15, -0.1) is 0 Å². The average Bonchev–Trinajstić information content (AvgIpc) is 2.98. The van der Waals surface area contributed by atoms with E-state index in [9.17, 15) is 9.59 Å². The fourth-order valence-corrected chi connectivity index (χ4v) is 2.74. The summed E-state index contributed by atoms with van der Waals surface area (Å²) in [5.41, 5.74) is 1.27. The topological polar surface area (TPSA) is 66.4 Å². The zero-order valence-corrected chi connectivity index (χ0v) is 12.0. The van der Waals surface area contributed by atoms with Crippen LogP contribution in [0.1, 0.15) is 48.0 Å². The minimum Gasteiger partial charge on any atom is -0.478 e. The predicted octanol–water partition coefficient (Wildman–Crippen LogP) is 3.09. The zero-order chi connectivity index (χ0) is 15.1. The van der Waals surface area contributed by atoms with E-state index in [4.69, 9.17) is 5.11 Å². The summed E-state index contributed by atoms with van der Waals surface area (Å²) in [7, 11) is 0. The van der Waals surface area contributed by atoms with Gasteiger partial charge >= 0.3 is 5.97 Å². The molecule has 1 aromatic rings. The number of benzene rings is 1. The number of rotatable bonds is 6. The van der Waals surface area contributed by atoms with Crippen molar-refractivity contribution < 1.29 is 14.7 Å². The van der Waals surface area contributed by atoms with Crippen LogP contribution in [0.3, 0.4) is 0 Å². The minimum absolute atomic E-state index is 0.0985. The molecule has 0 atom stereocenters. The second-order valence-electron chi connectivity index (χ2n) is 5.49. The van der Waals surface area contributed by atoms with Crippen LogP contribution in [0.25, 0.3) is 6.08 Å². The summed E-state index contributed by atoms with van der Waals surface area (Å²) in [6.45, 7) is 0.707. The first kappa shape index (κ1) is 15.3. The van der Waals surface area contributed by atoms with E-state index in [1.165, 1.54) is 31.8 Å². The third-order valence-corrected chi connectivity index (χ3v) is 3.88. The molecule has 112 valence electrons. The maximum atomic E-state index is 12.1. The van der Waals surface area contributed by atoms with Crippen molar-refractivity contribution in [3.05, 3.63) is 41.5 Å². The first-order valence-electron chi connectivity index (χ1n) is 7.44. The van der Waals surface area contributed by atoms with Gasteiger partial charge in [-0.3, -0.25) is 4.79 Å². The van der Waals surface area contributed by atoms with Crippen molar-refractivity contribution in [3.8, 4) is 0 Å². The summed E-state index contributed by atoms with van der Waals surface area (Å²) in [4.78, 5) is 22.5. The van der Waals surface area contributed by atoms with Crippen molar-refractivity contribution in [1.29, 1.82) is 0 Å². The van der Waals surface area contributed by atoms with E-state index in [1.54, 1.807) is 24.3 Å². The molecule has 0 unspecified atom stereocenters. The molecule has 21 heavy (non-hydrogen) atoms. The molecule has 2 N–H and O–H groups in total. The molecule has 1 fully saturated rings. The number of amides is 1. The maximum Gasteiger partial charge on any atom is 0.328 e. The van der Waals surface area contributed by atoms with Crippen molar-refractivity contribution in [1.82, 2.24) is 5.32 Å². The smallest absolute Gasteiger partial charge is 0.328 e. The molecule has 1 amide bonds. The van der Waals surface area contributed by atoms with Gasteiger partial charge in [-0.25, -0.2) is 4.79 Å². The Kier molecular flexibility index (Phi) is 5.55. The lowest BCUT2D eigenvalue weighted by molar-refractivity contribution is -0.131. The summed E-state index contributed by atoms with van der Waals surface area (Å²) in [5.74, 6) is -0.338. The van der Waals surface area contributed by atoms with Gasteiger partial charge in [-0.1, -0.05) is 37.8 Å². The molecule has 0 saturated heterocycles. The molecule has 4 nitrogen and oxygen atoms in total. The van der Waals surface area contributed by atoms with Crippen molar-refractivity contribution in [2.24, 2.45) is 5.92 Å². The van der Waals surface area contributed by atoms with E-state index >= 15 is 0 Å². The number of carboxylic acids is 1. The second kappa shape index (κ2) is 7.62. The van der Waals surface area contributed by atoms with Crippen molar-refractivity contribution in [2.45, 2.75) is 32.1 Å². The van der Waals surface area contributed by atoms with E-state index in [1.807, 2.05) is 0 Å². The van der Waals surface area contributed by atoms with Crippen LogP contribution in [0, 0.1) is 5.92 Å². The number of carbonyl (C=O) groups is 2. The summed E-state index contributed by atoms with van der Waals surface area (Å²) >= 11 is 0. The molecule has 0 aliphatic heterocycles. The summed E-state index contributed by atoms with van der Waals surface area (Å²) in [5, 5.41) is 11.5. The van der Waals surface area contributed by atoms with Gasteiger partial charge in [0.1, 0.15) is 0 Å². The van der Waals surface area contributed by atoms with Crippen LogP contribution in [0.4, 0.5) is 0 Å². The molecule has 0 bridgehead atoms. The fourth-order valence-electron chi connectivity index (χ4n) is 2.74. The van der Waals surface area contributed by atoms with Gasteiger partial charge in [-0.2, -0.15) is 0 Å². The summed E-state index contributed by atoms with van der Waals surface area (Å²) in [6, 6.07) is 6.97. The monoisotopic (exact) mass is 287 g/mol. The number of nitrogens with one attached hydrogen (secondary N) is 1. The third kappa shape index (κ3) is 5.06. The normalized spacial score (nSPS) is 15.4. The largest absolute Gasteiger partial charge is 0.478 e. The van der Waals surface area contributed by atoms with Crippen LogP contribution in [0.2, 0.25) is 0 Å². The summed E-state index contributed by atoms with van der Waals surface area (Å²) in [6.07, 6.45) is 8.79. The molecule has 1 saturated carbocycles. The highest BCUT2D eigenvalue weighted by molar-refractivity contribution is 5.95. The van der Waals surface area contributed by atoms with Gasteiger partial charge in [0.2, 0.25) is 0 Å². The Bertz CT molecular complexity index is 531. The minimum atomic E-state index is -0.999. The van der Waals surface area contributed by atoms with Gasteiger partial charge in [0, 0.05) is 18.2 Å². The number of carboxylic acid groups (broad SMARTS) is 1. The highest BCUT2D eigenvalue weighted by Gasteiger charge is 2.14. The van der Waals surface area contributed by atoms with Crippen molar-refractivity contribution >= 4 is 18.0 Å². The number of hydrogen-bond acceptors (Lipinski definition) is 2. The molecule has 0 aromatic heterocycles. The first-order chi connectivity index (χ1) is 10.1. The Morgan fingerprint density at radius 1 is 1.29 bits per heavy atom. The van der Waals surface area contributed by atoms with E-state index in [0.29, 0.717) is 17.7 Å². The Morgan fingerprint density at radius 2 is 2.05 bits per heavy atom. The van der Waals surface area contributed by atoms with Crippen molar-refractivity contribution in [2.75, 3.05) is 6.54 Å². The van der Waals surface area contributed by atoms with Gasteiger partial charge in [-0.05, 0) is 36.1 Å². The lowest BCUT2D eigenvalue weighted by atomic mass is 10.0. The fraction of sp³-hybridized carbons (Fsp3) is 0.412. The van der Waals surface area contributed by atoms with Crippen LogP contribution in [0.5, 0.6) is 0 Å². The van der Waals surface area contributed by atoms with Crippen LogP contribution >= 0.6 is 0 Å². The second-order valence-corrected chi connectivity index (χ2v) is 5.49. The zero-order valence-electron chi connectivity index (χ0n) is 12.0. The summed E-state index contributed by atoms with van der Waals surface area (Å²) < 4.78 is 0. The Hall–Kier alpha value is -2.10. The third-order valence-electron chi connectivity index (χ3n) is 3.88. The number of carbonyl (C=O) groups excluding carboxylic acids is 1. The van der Waals surface area contributed by atoms with E-state index < -0.39 is 5.97 Å². The number of aliphatic carboxylic acids is 1. The molecule has 0 heterocycles. The molecular weight excluding hydrogens is 266 g/mol. The predicted molar refractivity (Wildman–Crippen MR) is 82.0 cm³/mol. The van der Waals surface area contributed by atoms with Gasteiger partial charge in [0.05, 0.1) is 0 Å². The van der Waals surface area contributed by atoms with Crippen LogP contribution < -0.4 is 5.32 Å². The first-order valence-corrected chi connectivity index (χ1v) is 7.44. The maximum absolute atomic E-state index is 12.1. The van der Waals surface area contributed by atoms with Crippen LogP contribution in [0.15, 0.2) is 30.3 Å². The molecular formula is C17H21NO3. The van der Waals surface area contributed by atoms with Gasteiger partial charge < -0.3 is 10.4 Å². The highest BCUT2D eigenvalue weighted by atomic mass is 16.4. The standard InChI is InChI=1S/C17H21NO3/c19-16(20)9-8-14-6-3-7-15(12-14)17(21)18-11-10-13-4-1-2-5-13/h3,6-9,12-13H,1-2,4-5,10-11H2,(H,18,21)(H,19,20). The van der Waals surface area contributed by atoms with Crippen LogP contribution in [-0.2, 0) is 4.79 Å². The Labute approximate surface area is 124 Å². The van der Waals surface area contributed by atoms with Gasteiger partial charge in [0.15, 0.2) is 0 Å². The quantitative estimate of drug-likeness (QED) is 0.790. The number of hydrogen-bond donors (Lipinski definition) is 2. The molecule has 1 aromatic carbocycles. The SMILES string of the molecule is O=C(O)C=Cc1cccc(C(=O)NCCC2CCCC2)c1. The van der Waals surface area contributed by atoms with E-state index in [2.05, 4.69) is 5.32 Å². The van der Waals surface area contributed by atoms with E-state index in [-0.39, 0.29) is 5.91 Å². The molecule has 4 heteroatoms. The van der Waals surface area contributed by atoms with Crippen LogP contribution in [-0.4, -0.2) is 23.5 Å². The van der Waals surface area contributed by atoms with Gasteiger partial charge in [0.25, 0.3) is 5.91 Å². The Morgan fingerprint density at radius 3 is 2.76 bits per heavy atom. The van der Waals surface area contributed by atoms with Crippen molar-refractivity contribution in [3.63, 3.8) is 0 Å². The van der Waals surface area contributed by atoms with E-state index in [0.717, 1.165) is 18.4 Å². The molecule has 0 radical (unpaired) electrons.